The number of nitrogens with one attached hydrogen (secondary N) is 1. The molecule has 102 valence electrons. The lowest BCUT2D eigenvalue weighted by molar-refractivity contribution is 0.199. The molecule has 1 aromatic carbocycles. The van der Waals surface area contributed by atoms with E-state index in [1.807, 2.05) is 0 Å². The van der Waals surface area contributed by atoms with Gasteiger partial charge in [0.2, 0.25) is 10.0 Å². The molecule has 0 aliphatic heterocycles. The summed E-state index contributed by atoms with van der Waals surface area (Å²) in [5.41, 5.74) is 0.671. The fourth-order valence-electron chi connectivity index (χ4n) is 1.59. The molecule has 0 bridgehead atoms. The molecule has 1 atom stereocenters. The van der Waals surface area contributed by atoms with Gasteiger partial charge in [-0.3, -0.25) is 0 Å². The number of hydrogen-bond acceptors (Lipinski definition) is 4. The second-order valence-corrected chi connectivity index (χ2v) is 5.92. The van der Waals surface area contributed by atoms with Crippen LogP contribution in [-0.2, 0) is 16.6 Å². The molecule has 0 aliphatic rings. The lowest BCUT2D eigenvalue weighted by atomic mass is 10.1. The first-order chi connectivity index (χ1) is 8.99. The van der Waals surface area contributed by atoms with Gasteiger partial charge in [0.05, 0.1) is 23.8 Å². The summed E-state index contributed by atoms with van der Waals surface area (Å²) in [5.74, 6) is 0.546. The first kappa shape index (κ1) is 13.8. The summed E-state index contributed by atoms with van der Waals surface area (Å²) in [4.78, 5) is 0.156. The van der Waals surface area contributed by atoms with Gasteiger partial charge in [-0.2, -0.15) is 0 Å². The smallest absolute Gasteiger partial charge is 0.240 e. The zero-order valence-electron chi connectivity index (χ0n) is 10.4. The average Bonchev–Trinajstić information content (AvgIpc) is 2.90. The molecule has 5 nitrogen and oxygen atoms in total. The molecule has 0 saturated heterocycles. The molecule has 19 heavy (non-hydrogen) atoms. The third kappa shape index (κ3) is 3.44. The van der Waals surface area contributed by atoms with Crippen molar-refractivity contribution in [1.29, 1.82) is 0 Å². The molecule has 0 fully saturated rings. The lowest BCUT2D eigenvalue weighted by Crippen LogP contribution is -2.23. The van der Waals surface area contributed by atoms with E-state index in [4.69, 9.17) is 4.42 Å². The maximum absolute atomic E-state index is 12.0. The van der Waals surface area contributed by atoms with Crippen molar-refractivity contribution in [3.63, 3.8) is 0 Å². The highest BCUT2D eigenvalue weighted by atomic mass is 32.2. The first-order valence-electron chi connectivity index (χ1n) is 5.79. The van der Waals surface area contributed by atoms with Gasteiger partial charge >= 0.3 is 0 Å². The van der Waals surface area contributed by atoms with E-state index in [0.717, 1.165) is 0 Å². The first-order valence-corrected chi connectivity index (χ1v) is 7.27. The second-order valence-electron chi connectivity index (χ2n) is 4.15. The number of aliphatic hydroxyl groups excluding tert-OH is 1. The molecular formula is C13H15NO4S. The molecule has 6 heteroatoms. The van der Waals surface area contributed by atoms with E-state index in [1.54, 1.807) is 31.2 Å². The molecule has 0 radical (unpaired) electrons. The fourth-order valence-corrected chi connectivity index (χ4v) is 2.58. The van der Waals surface area contributed by atoms with Crippen molar-refractivity contribution in [2.24, 2.45) is 0 Å². The number of furan rings is 1. The second kappa shape index (κ2) is 5.56. The minimum absolute atomic E-state index is 0.105. The van der Waals surface area contributed by atoms with E-state index in [9.17, 15) is 13.5 Å². The monoisotopic (exact) mass is 281 g/mol. The Morgan fingerprint density at radius 1 is 1.26 bits per heavy atom. The van der Waals surface area contributed by atoms with E-state index in [-0.39, 0.29) is 11.4 Å². The zero-order valence-corrected chi connectivity index (χ0v) is 11.2. The SMILES string of the molecule is C[C@@H](O)c1ccc(S(=O)(=O)NCc2ccco2)cc1. The van der Waals surface area contributed by atoms with Crippen LogP contribution in [0.3, 0.4) is 0 Å². The Labute approximate surface area is 111 Å². The van der Waals surface area contributed by atoms with E-state index in [1.165, 1.54) is 18.4 Å². The van der Waals surface area contributed by atoms with Gasteiger partial charge in [0, 0.05) is 0 Å². The van der Waals surface area contributed by atoms with E-state index in [0.29, 0.717) is 11.3 Å². The van der Waals surface area contributed by atoms with Crippen molar-refractivity contribution in [2.45, 2.75) is 24.5 Å². The van der Waals surface area contributed by atoms with Crippen LogP contribution in [0.1, 0.15) is 24.4 Å². The summed E-state index contributed by atoms with van der Waals surface area (Å²) in [6, 6.07) is 9.50. The average molecular weight is 281 g/mol. The van der Waals surface area contributed by atoms with Crippen molar-refractivity contribution in [3.8, 4) is 0 Å². The van der Waals surface area contributed by atoms with Crippen molar-refractivity contribution >= 4 is 10.0 Å². The maximum atomic E-state index is 12.0. The van der Waals surface area contributed by atoms with Crippen LogP contribution in [0.2, 0.25) is 0 Å². The van der Waals surface area contributed by atoms with Crippen molar-refractivity contribution in [3.05, 3.63) is 54.0 Å². The summed E-state index contributed by atoms with van der Waals surface area (Å²) in [7, 11) is -3.57. The number of hydrogen-bond donors (Lipinski definition) is 2. The minimum atomic E-state index is -3.57. The molecule has 2 N–H and O–H groups in total. The van der Waals surface area contributed by atoms with Crippen LogP contribution in [0.4, 0.5) is 0 Å². The molecule has 1 aromatic heterocycles. The van der Waals surface area contributed by atoms with Crippen molar-refractivity contribution < 1.29 is 17.9 Å². The van der Waals surface area contributed by atoms with Crippen LogP contribution >= 0.6 is 0 Å². The topological polar surface area (TPSA) is 79.5 Å². The molecule has 0 aliphatic carbocycles. The van der Waals surface area contributed by atoms with Crippen LogP contribution in [0, 0.1) is 0 Å². The number of aliphatic hydroxyl groups is 1. The summed E-state index contributed by atoms with van der Waals surface area (Å²) >= 11 is 0. The summed E-state index contributed by atoms with van der Waals surface area (Å²) in [6.45, 7) is 1.73. The van der Waals surface area contributed by atoms with E-state index >= 15 is 0 Å². The predicted molar refractivity (Wildman–Crippen MR) is 69.8 cm³/mol. The summed E-state index contributed by atoms with van der Waals surface area (Å²) in [5, 5.41) is 9.37. The minimum Gasteiger partial charge on any atom is -0.468 e. The van der Waals surface area contributed by atoms with Gasteiger partial charge in [-0.1, -0.05) is 12.1 Å². The maximum Gasteiger partial charge on any atom is 0.240 e. The largest absolute Gasteiger partial charge is 0.468 e. The Morgan fingerprint density at radius 3 is 2.47 bits per heavy atom. The third-order valence-electron chi connectivity index (χ3n) is 2.69. The van der Waals surface area contributed by atoms with Crippen molar-refractivity contribution in [1.82, 2.24) is 4.72 Å². The third-order valence-corrected chi connectivity index (χ3v) is 4.11. The Morgan fingerprint density at radius 2 is 1.95 bits per heavy atom. The van der Waals surface area contributed by atoms with Crippen molar-refractivity contribution in [2.75, 3.05) is 0 Å². The molecule has 0 amide bonds. The molecule has 0 spiro atoms. The van der Waals surface area contributed by atoms with Gasteiger partial charge in [-0.15, -0.1) is 0 Å². The summed E-state index contributed by atoms with van der Waals surface area (Å²) < 4.78 is 31.5. The van der Waals surface area contributed by atoms with Crippen LogP contribution in [-0.4, -0.2) is 13.5 Å². The van der Waals surface area contributed by atoms with Crippen LogP contribution in [0.25, 0.3) is 0 Å². The Bertz CT molecular complexity index is 615. The number of benzene rings is 1. The Hall–Kier alpha value is -1.63. The highest BCUT2D eigenvalue weighted by Crippen LogP contribution is 2.16. The quantitative estimate of drug-likeness (QED) is 0.876. The van der Waals surface area contributed by atoms with Gasteiger partial charge in [0.25, 0.3) is 0 Å². The normalized spacial score (nSPS) is 13.4. The number of rotatable bonds is 5. The predicted octanol–water partition coefficient (Wildman–Crippen LogP) is 1.81. The zero-order chi connectivity index (χ0) is 13.9. The molecule has 0 saturated carbocycles. The van der Waals surface area contributed by atoms with Gasteiger partial charge in [-0.05, 0) is 36.8 Å². The van der Waals surface area contributed by atoms with Crippen LogP contribution in [0.5, 0.6) is 0 Å². The molecule has 0 unspecified atom stereocenters. The standard InChI is InChI=1S/C13H15NO4S/c1-10(15)11-4-6-13(7-5-11)19(16,17)14-9-12-3-2-8-18-12/h2-8,10,14-15H,9H2,1H3/t10-/m1/s1. The number of sulfonamides is 1. The molecule has 1 heterocycles. The highest BCUT2D eigenvalue weighted by Gasteiger charge is 2.14. The Balaban J connectivity index is 2.10. The Kier molecular flexibility index (Phi) is 4.04. The molecular weight excluding hydrogens is 266 g/mol. The molecule has 2 aromatic rings. The van der Waals surface area contributed by atoms with Gasteiger partial charge in [0.1, 0.15) is 5.76 Å². The van der Waals surface area contributed by atoms with Gasteiger partial charge < -0.3 is 9.52 Å². The van der Waals surface area contributed by atoms with Gasteiger partial charge in [-0.25, -0.2) is 13.1 Å². The fraction of sp³-hybridized carbons (Fsp3) is 0.231. The molecule has 2 rings (SSSR count). The lowest BCUT2D eigenvalue weighted by Gasteiger charge is -2.08. The van der Waals surface area contributed by atoms with Crippen LogP contribution < -0.4 is 4.72 Å². The summed E-state index contributed by atoms with van der Waals surface area (Å²) in [6.07, 6.45) is 0.869. The van der Waals surface area contributed by atoms with E-state index in [2.05, 4.69) is 4.72 Å². The van der Waals surface area contributed by atoms with Gasteiger partial charge in [0.15, 0.2) is 0 Å². The highest BCUT2D eigenvalue weighted by molar-refractivity contribution is 7.89. The van der Waals surface area contributed by atoms with E-state index < -0.39 is 16.1 Å². The van der Waals surface area contributed by atoms with Crippen LogP contribution in [0.15, 0.2) is 52.0 Å².